The second-order valence-corrected chi connectivity index (χ2v) is 8.62. The molecule has 5 rings (SSSR count). The van der Waals surface area contributed by atoms with Crippen molar-refractivity contribution in [2.45, 2.75) is 13.0 Å². The number of halogens is 1. The summed E-state index contributed by atoms with van der Waals surface area (Å²) >= 11 is 3.42. The summed E-state index contributed by atoms with van der Waals surface area (Å²) in [6.07, 6.45) is 1.66. The van der Waals surface area contributed by atoms with E-state index in [0.29, 0.717) is 34.7 Å². The average Bonchev–Trinajstić information content (AvgIpc) is 3.11. The number of rotatable bonds is 5. The molecule has 0 fully saturated rings. The van der Waals surface area contributed by atoms with Crippen LogP contribution in [-0.4, -0.2) is 17.5 Å². The van der Waals surface area contributed by atoms with E-state index in [1.165, 1.54) is 4.90 Å². The number of benzene rings is 2. The SMILES string of the molecule is C=CCOc1cccc(C2c3c(oc4ccc(Br)cc4c3=O)C(=O)N2c2cccc(C)n2)c1. The van der Waals surface area contributed by atoms with Crippen molar-refractivity contribution in [2.75, 3.05) is 11.5 Å². The van der Waals surface area contributed by atoms with Crippen molar-refractivity contribution in [2.24, 2.45) is 0 Å². The Kier molecular flexibility index (Phi) is 5.34. The first-order valence-electron chi connectivity index (χ1n) is 10.3. The summed E-state index contributed by atoms with van der Waals surface area (Å²) in [6.45, 7) is 5.87. The van der Waals surface area contributed by atoms with E-state index in [1.807, 2.05) is 43.3 Å². The maximum Gasteiger partial charge on any atom is 0.296 e. The van der Waals surface area contributed by atoms with Gasteiger partial charge in [-0.3, -0.25) is 14.5 Å². The fourth-order valence-electron chi connectivity index (χ4n) is 4.09. The molecule has 1 atom stereocenters. The van der Waals surface area contributed by atoms with Crippen LogP contribution in [0.4, 0.5) is 5.82 Å². The van der Waals surface area contributed by atoms with E-state index in [1.54, 1.807) is 30.3 Å². The van der Waals surface area contributed by atoms with Gasteiger partial charge in [0.2, 0.25) is 5.76 Å². The molecule has 2 aromatic carbocycles. The number of anilines is 1. The van der Waals surface area contributed by atoms with Crippen molar-refractivity contribution in [3.63, 3.8) is 0 Å². The van der Waals surface area contributed by atoms with Crippen LogP contribution in [0.1, 0.15) is 33.4 Å². The Balaban J connectivity index is 1.78. The zero-order valence-electron chi connectivity index (χ0n) is 17.7. The highest BCUT2D eigenvalue weighted by Gasteiger charge is 2.44. The Hall–Kier alpha value is -3.71. The van der Waals surface area contributed by atoms with Gasteiger partial charge < -0.3 is 9.15 Å². The molecule has 1 aliphatic rings. The molecule has 0 spiro atoms. The molecule has 0 saturated carbocycles. The van der Waals surface area contributed by atoms with Gasteiger partial charge in [-0.2, -0.15) is 0 Å². The van der Waals surface area contributed by atoms with E-state index in [9.17, 15) is 9.59 Å². The van der Waals surface area contributed by atoms with Crippen LogP contribution in [0.3, 0.4) is 0 Å². The van der Waals surface area contributed by atoms with Gasteiger partial charge in [0.15, 0.2) is 5.43 Å². The summed E-state index contributed by atoms with van der Waals surface area (Å²) in [5.41, 5.74) is 1.87. The van der Waals surface area contributed by atoms with Gasteiger partial charge in [-0.05, 0) is 55.0 Å². The number of ether oxygens (including phenoxy) is 1. The van der Waals surface area contributed by atoms with Crippen LogP contribution in [0.25, 0.3) is 11.0 Å². The first kappa shape index (κ1) is 21.2. The molecule has 0 aliphatic carbocycles. The predicted molar refractivity (Wildman–Crippen MR) is 130 cm³/mol. The van der Waals surface area contributed by atoms with Crippen LogP contribution in [0, 0.1) is 6.92 Å². The molecule has 0 bridgehead atoms. The van der Waals surface area contributed by atoms with Gasteiger partial charge in [-0.1, -0.05) is 46.8 Å². The molecule has 1 unspecified atom stereocenters. The van der Waals surface area contributed by atoms with Crippen molar-refractivity contribution in [1.29, 1.82) is 0 Å². The third-order valence-corrected chi connectivity index (χ3v) is 5.99. The number of aromatic nitrogens is 1. The van der Waals surface area contributed by atoms with Crippen molar-refractivity contribution in [3.8, 4) is 5.75 Å². The third kappa shape index (κ3) is 3.64. The molecule has 2 aromatic heterocycles. The van der Waals surface area contributed by atoms with Gasteiger partial charge >= 0.3 is 0 Å². The molecule has 1 aliphatic heterocycles. The van der Waals surface area contributed by atoms with Crippen LogP contribution < -0.4 is 15.1 Å². The zero-order chi connectivity index (χ0) is 23.1. The molecule has 33 heavy (non-hydrogen) atoms. The Morgan fingerprint density at radius 1 is 1.15 bits per heavy atom. The summed E-state index contributed by atoms with van der Waals surface area (Å²) in [4.78, 5) is 33.4. The normalized spacial score (nSPS) is 15.0. The number of hydrogen-bond acceptors (Lipinski definition) is 5. The standard InChI is InChI=1S/C26H19BrN2O4/c1-3-12-32-18-8-5-7-16(13-18)23-22-24(30)19-14-17(27)10-11-20(19)33-25(22)26(31)29(23)21-9-4-6-15(2)28-21/h3-11,13-14,23H,1,12H2,2H3. The molecule has 7 heteroatoms. The van der Waals surface area contributed by atoms with Crippen molar-refractivity contribution in [3.05, 3.63) is 111 Å². The van der Waals surface area contributed by atoms with E-state index < -0.39 is 11.9 Å². The molecule has 4 aromatic rings. The van der Waals surface area contributed by atoms with Gasteiger partial charge in [-0.25, -0.2) is 4.98 Å². The number of aryl methyl sites for hydroxylation is 1. The minimum atomic E-state index is -0.714. The Morgan fingerprint density at radius 2 is 1.97 bits per heavy atom. The van der Waals surface area contributed by atoms with Crippen LogP contribution in [0.15, 0.2) is 87.0 Å². The van der Waals surface area contributed by atoms with Gasteiger partial charge in [0.25, 0.3) is 5.91 Å². The summed E-state index contributed by atoms with van der Waals surface area (Å²) < 4.78 is 12.4. The highest BCUT2D eigenvalue weighted by molar-refractivity contribution is 9.10. The molecule has 164 valence electrons. The quantitative estimate of drug-likeness (QED) is 0.333. The fourth-order valence-corrected chi connectivity index (χ4v) is 4.45. The lowest BCUT2D eigenvalue weighted by atomic mass is 9.98. The first-order chi connectivity index (χ1) is 16.0. The van der Waals surface area contributed by atoms with E-state index in [2.05, 4.69) is 27.5 Å². The lowest BCUT2D eigenvalue weighted by molar-refractivity contribution is 0.0970. The summed E-state index contributed by atoms with van der Waals surface area (Å²) in [5.74, 6) is 0.671. The average molecular weight is 503 g/mol. The number of hydrogen-bond donors (Lipinski definition) is 0. The number of nitrogens with zero attached hydrogens (tertiary/aromatic N) is 2. The van der Waals surface area contributed by atoms with Crippen LogP contribution >= 0.6 is 15.9 Å². The van der Waals surface area contributed by atoms with Crippen molar-refractivity contribution < 1.29 is 13.9 Å². The number of pyridine rings is 1. The van der Waals surface area contributed by atoms with E-state index in [-0.39, 0.29) is 16.8 Å². The molecule has 0 N–H and O–H groups in total. The van der Waals surface area contributed by atoms with E-state index >= 15 is 0 Å². The lowest BCUT2D eigenvalue weighted by Gasteiger charge is -2.24. The second-order valence-electron chi connectivity index (χ2n) is 7.70. The summed E-state index contributed by atoms with van der Waals surface area (Å²) in [5, 5.41) is 0.402. The van der Waals surface area contributed by atoms with E-state index in [4.69, 9.17) is 9.15 Å². The highest BCUT2D eigenvalue weighted by Crippen LogP contribution is 2.41. The first-order valence-corrected chi connectivity index (χ1v) is 11.1. The lowest BCUT2D eigenvalue weighted by Crippen LogP contribution is -2.30. The summed E-state index contributed by atoms with van der Waals surface area (Å²) in [6, 6.07) is 17.2. The maximum atomic E-state index is 13.7. The van der Waals surface area contributed by atoms with Gasteiger partial charge in [0, 0.05) is 10.2 Å². The van der Waals surface area contributed by atoms with Crippen molar-refractivity contribution >= 4 is 38.6 Å². The minimum Gasteiger partial charge on any atom is -0.490 e. The highest BCUT2D eigenvalue weighted by atomic mass is 79.9. The number of carbonyl (C=O) groups excluding carboxylic acids is 1. The topological polar surface area (TPSA) is 72.6 Å². The maximum absolute atomic E-state index is 13.7. The van der Waals surface area contributed by atoms with Crippen LogP contribution in [-0.2, 0) is 0 Å². The fraction of sp³-hybridized carbons (Fsp3) is 0.115. The molecular weight excluding hydrogens is 484 g/mol. The Morgan fingerprint density at radius 3 is 2.76 bits per heavy atom. The van der Waals surface area contributed by atoms with Crippen LogP contribution in [0.2, 0.25) is 0 Å². The monoisotopic (exact) mass is 502 g/mol. The molecule has 0 radical (unpaired) electrons. The smallest absolute Gasteiger partial charge is 0.296 e. The molecular formula is C26H19BrN2O4. The van der Waals surface area contributed by atoms with Gasteiger partial charge in [0.05, 0.1) is 17.0 Å². The molecule has 0 saturated heterocycles. The minimum absolute atomic E-state index is 0.0283. The number of carbonyl (C=O) groups is 1. The Labute approximate surface area is 198 Å². The Bertz CT molecular complexity index is 1480. The molecule has 6 nitrogen and oxygen atoms in total. The zero-order valence-corrected chi connectivity index (χ0v) is 19.3. The third-order valence-electron chi connectivity index (χ3n) is 5.49. The van der Waals surface area contributed by atoms with Crippen LogP contribution in [0.5, 0.6) is 5.75 Å². The van der Waals surface area contributed by atoms with Gasteiger partial charge in [-0.15, -0.1) is 0 Å². The van der Waals surface area contributed by atoms with Gasteiger partial charge in [0.1, 0.15) is 23.8 Å². The molecule has 3 heterocycles. The summed E-state index contributed by atoms with van der Waals surface area (Å²) in [7, 11) is 0. The molecule has 1 amide bonds. The largest absolute Gasteiger partial charge is 0.490 e. The number of amides is 1. The van der Waals surface area contributed by atoms with E-state index in [0.717, 1.165) is 10.2 Å². The predicted octanol–water partition coefficient (Wildman–Crippen LogP) is 5.57. The number of fused-ring (bicyclic) bond motifs is 2. The second kappa shape index (κ2) is 8.33. The van der Waals surface area contributed by atoms with Crippen molar-refractivity contribution in [1.82, 2.24) is 4.98 Å².